The van der Waals surface area contributed by atoms with E-state index >= 15 is 0 Å². The molecule has 4 nitrogen and oxygen atoms in total. The van der Waals surface area contributed by atoms with Crippen molar-refractivity contribution in [1.29, 1.82) is 0 Å². The molecule has 1 heterocycles. The van der Waals surface area contributed by atoms with Crippen LogP contribution >= 0.6 is 0 Å². The summed E-state index contributed by atoms with van der Waals surface area (Å²) < 4.78 is 40.1. The van der Waals surface area contributed by atoms with Gasteiger partial charge in [0.2, 0.25) is 5.95 Å². The van der Waals surface area contributed by atoms with Crippen molar-refractivity contribution in [3.8, 4) is 11.4 Å². The van der Waals surface area contributed by atoms with Gasteiger partial charge in [0.1, 0.15) is 0 Å². The molecular formula is C11H11F3N4. The summed E-state index contributed by atoms with van der Waals surface area (Å²) in [5.41, 5.74) is -0.704. The van der Waals surface area contributed by atoms with Crippen molar-refractivity contribution in [2.45, 2.75) is 6.18 Å². The minimum Gasteiger partial charge on any atom is -0.357 e. The molecule has 1 N–H and O–H groups in total. The molecular weight excluding hydrogens is 245 g/mol. The second kappa shape index (κ2) is 4.32. The number of alkyl halides is 3. The lowest BCUT2D eigenvalue weighted by Crippen LogP contribution is -2.09. The average Bonchev–Trinajstić information content (AvgIpc) is 2.69. The van der Waals surface area contributed by atoms with E-state index in [4.69, 9.17) is 0 Å². The van der Waals surface area contributed by atoms with E-state index < -0.39 is 11.7 Å². The quantitative estimate of drug-likeness (QED) is 0.897. The lowest BCUT2D eigenvalue weighted by atomic mass is 10.1. The van der Waals surface area contributed by atoms with E-state index in [2.05, 4.69) is 15.5 Å². The molecule has 0 aliphatic heterocycles. The van der Waals surface area contributed by atoms with E-state index in [9.17, 15) is 13.2 Å². The third-order valence-electron chi connectivity index (χ3n) is 2.57. The molecule has 0 radical (unpaired) electrons. The van der Waals surface area contributed by atoms with Gasteiger partial charge in [0.05, 0.1) is 5.56 Å². The van der Waals surface area contributed by atoms with Gasteiger partial charge in [0.15, 0.2) is 5.82 Å². The van der Waals surface area contributed by atoms with Gasteiger partial charge in [0, 0.05) is 19.7 Å². The van der Waals surface area contributed by atoms with Gasteiger partial charge in [0.25, 0.3) is 0 Å². The second-order valence-electron chi connectivity index (χ2n) is 3.70. The highest BCUT2D eigenvalue weighted by Gasteiger charge is 2.34. The molecule has 1 aromatic carbocycles. The van der Waals surface area contributed by atoms with Gasteiger partial charge in [-0.25, -0.2) is 0 Å². The molecule has 0 bridgehead atoms. The Bertz CT molecular complexity index is 560. The molecule has 18 heavy (non-hydrogen) atoms. The van der Waals surface area contributed by atoms with E-state index in [0.29, 0.717) is 5.95 Å². The number of benzene rings is 1. The van der Waals surface area contributed by atoms with Gasteiger partial charge >= 0.3 is 6.18 Å². The maximum Gasteiger partial charge on any atom is 0.417 e. The van der Waals surface area contributed by atoms with Crippen LogP contribution in [-0.4, -0.2) is 21.8 Å². The van der Waals surface area contributed by atoms with E-state index in [-0.39, 0.29) is 11.4 Å². The average molecular weight is 256 g/mol. The zero-order chi connectivity index (χ0) is 13.3. The zero-order valence-corrected chi connectivity index (χ0v) is 9.78. The first-order chi connectivity index (χ1) is 8.45. The molecule has 0 atom stereocenters. The maximum atomic E-state index is 12.9. The molecule has 0 fully saturated rings. The molecule has 96 valence electrons. The maximum absolute atomic E-state index is 12.9. The Morgan fingerprint density at radius 1 is 1.17 bits per heavy atom. The van der Waals surface area contributed by atoms with Crippen LogP contribution in [0.3, 0.4) is 0 Å². The molecule has 0 saturated carbocycles. The summed E-state index contributed by atoms with van der Waals surface area (Å²) in [6.45, 7) is 0. The van der Waals surface area contributed by atoms with Crippen LogP contribution in [0.4, 0.5) is 19.1 Å². The van der Waals surface area contributed by atoms with Gasteiger partial charge < -0.3 is 5.32 Å². The van der Waals surface area contributed by atoms with Crippen molar-refractivity contribution < 1.29 is 13.2 Å². The van der Waals surface area contributed by atoms with Crippen LogP contribution in [0.5, 0.6) is 0 Å². The second-order valence-corrected chi connectivity index (χ2v) is 3.70. The highest BCUT2D eigenvalue weighted by Crippen LogP contribution is 2.36. The number of nitrogens with zero attached hydrogens (tertiary/aromatic N) is 3. The van der Waals surface area contributed by atoms with Crippen molar-refractivity contribution in [2.75, 3.05) is 12.4 Å². The molecule has 7 heteroatoms. The molecule has 1 aromatic heterocycles. The SMILES string of the molecule is CNc1nnc(-c2ccccc2C(F)(F)F)n1C. The van der Waals surface area contributed by atoms with Crippen molar-refractivity contribution >= 4 is 5.95 Å². The summed E-state index contributed by atoms with van der Waals surface area (Å²) in [6.07, 6.45) is -4.41. The Morgan fingerprint density at radius 2 is 1.83 bits per heavy atom. The van der Waals surface area contributed by atoms with Crippen molar-refractivity contribution in [3.63, 3.8) is 0 Å². The van der Waals surface area contributed by atoms with Crippen LogP contribution in [0.15, 0.2) is 24.3 Å². The van der Waals surface area contributed by atoms with Crippen LogP contribution in [0.1, 0.15) is 5.56 Å². The fraction of sp³-hybridized carbons (Fsp3) is 0.273. The van der Waals surface area contributed by atoms with Crippen LogP contribution in [-0.2, 0) is 13.2 Å². The minimum atomic E-state index is -4.41. The third-order valence-corrected chi connectivity index (χ3v) is 2.57. The van der Waals surface area contributed by atoms with Gasteiger partial charge in [-0.2, -0.15) is 13.2 Å². The molecule has 2 aromatic rings. The summed E-state index contributed by atoms with van der Waals surface area (Å²) in [5, 5.41) is 10.3. The summed E-state index contributed by atoms with van der Waals surface area (Å²) in [7, 11) is 3.23. The Hall–Kier alpha value is -2.05. The highest BCUT2D eigenvalue weighted by atomic mass is 19.4. The van der Waals surface area contributed by atoms with E-state index in [1.54, 1.807) is 14.1 Å². The summed E-state index contributed by atoms with van der Waals surface area (Å²) >= 11 is 0. The fourth-order valence-corrected chi connectivity index (χ4v) is 1.71. The van der Waals surface area contributed by atoms with Crippen molar-refractivity contribution in [1.82, 2.24) is 14.8 Å². The Kier molecular flexibility index (Phi) is 2.98. The summed E-state index contributed by atoms with van der Waals surface area (Å²) in [6, 6.07) is 5.30. The van der Waals surface area contributed by atoms with Crippen molar-refractivity contribution in [3.05, 3.63) is 29.8 Å². The van der Waals surface area contributed by atoms with Crippen LogP contribution in [0.2, 0.25) is 0 Å². The molecule has 0 spiro atoms. The lowest BCUT2D eigenvalue weighted by Gasteiger charge is -2.12. The van der Waals surface area contributed by atoms with E-state index in [1.807, 2.05) is 0 Å². The predicted octanol–water partition coefficient (Wildman–Crippen LogP) is 2.54. The summed E-state index contributed by atoms with van der Waals surface area (Å²) in [5.74, 6) is 0.578. The first-order valence-corrected chi connectivity index (χ1v) is 5.19. The van der Waals surface area contributed by atoms with Crippen LogP contribution < -0.4 is 5.32 Å². The number of hydrogen-bond donors (Lipinski definition) is 1. The molecule has 0 unspecified atom stereocenters. The summed E-state index contributed by atoms with van der Waals surface area (Å²) in [4.78, 5) is 0. The molecule has 0 amide bonds. The highest BCUT2D eigenvalue weighted by molar-refractivity contribution is 5.62. The van der Waals surface area contributed by atoms with Crippen molar-refractivity contribution in [2.24, 2.45) is 7.05 Å². The Labute approximate surface area is 101 Å². The zero-order valence-electron chi connectivity index (χ0n) is 9.78. The Morgan fingerprint density at radius 3 is 2.39 bits per heavy atom. The molecule has 2 rings (SSSR count). The van der Waals surface area contributed by atoms with Gasteiger partial charge in [-0.15, -0.1) is 10.2 Å². The van der Waals surface area contributed by atoms with E-state index in [0.717, 1.165) is 6.07 Å². The molecule has 0 aliphatic rings. The predicted molar refractivity (Wildman–Crippen MR) is 61.0 cm³/mol. The smallest absolute Gasteiger partial charge is 0.357 e. The number of anilines is 1. The van der Waals surface area contributed by atoms with Gasteiger partial charge in [-0.3, -0.25) is 4.57 Å². The lowest BCUT2D eigenvalue weighted by molar-refractivity contribution is -0.137. The van der Waals surface area contributed by atoms with E-state index in [1.165, 1.54) is 22.8 Å². The third kappa shape index (κ3) is 2.03. The monoisotopic (exact) mass is 256 g/mol. The number of aromatic nitrogens is 3. The first kappa shape index (κ1) is 12.4. The van der Waals surface area contributed by atoms with Gasteiger partial charge in [-0.05, 0) is 6.07 Å². The normalized spacial score (nSPS) is 11.6. The Balaban J connectivity index is 2.61. The number of hydrogen-bond acceptors (Lipinski definition) is 3. The molecule has 0 saturated heterocycles. The topological polar surface area (TPSA) is 42.7 Å². The number of halogens is 3. The first-order valence-electron chi connectivity index (χ1n) is 5.19. The van der Waals surface area contributed by atoms with Crippen LogP contribution in [0.25, 0.3) is 11.4 Å². The molecule has 0 aliphatic carbocycles. The number of nitrogens with one attached hydrogen (secondary N) is 1. The number of rotatable bonds is 2. The fourth-order valence-electron chi connectivity index (χ4n) is 1.71. The standard InChI is InChI=1S/C11H11F3N4/c1-15-10-17-16-9(18(10)2)7-5-3-4-6-8(7)11(12,13)14/h3-6H,1-2H3,(H,15,17). The van der Waals surface area contributed by atoms with Gasteiger partial charge in [-0.1, -0.05) is 18.2 Å². The largest absolute Gasteiger partial charge is 0.417 e. The minimum absolute atomic E-state index is 0.0153. The van der Waals surface area contributed by atoms with Crippen LogP contribution in [0, 0.1) is 0 Å².